The van der Waals surface area contributed by atoms with Gasteiger partial charge in [0.2, 0.25) is 10.0 Å². The summed E-state index contributed by atoms with van der Waals surface area (Å²) in [4.78, 5) is 4.30. The first-order valence-corrected chi connectivity index (χ1v) is 8.70. The third kappa shape index (κ3) is 4.31. The second-order valence-electron chi connectivity index (χ2n) is 4.60. The van der Waals surface area contributed by atoms with Crippen LogP contribution >= 0.6 is 11.3 Å². The molecule has 0 radical (unpaired) electrons. The van der Waals surface area contributed by atoms with Gasteiger partial charge in [0.1, 0.15) is 0 Å². The van der Waals surface area contributed by atoms with E-state index in [9.17, 15) is 8.42 Å². The Bertz CT molecular complexity index is 478. The fourth-order valence-electron chi connectivity index (χ4n) is 2.05. The standard InChI is InChI=1S/C11H19N3O2S2/c1-9-7-17-11(14-9)4-6-13-18(15,16)8-10-3-2-5-12-10/h7,10,12-13H,2-6,8H2,1H3. The molecule has 1 aliphatic heterocycles. The maximum absolute atomic E-state index is 11.8. The number of nitrogens with one attached hydrogen (secondary N) is 2. The predicted molar refractivity (Wildman–Crippen MR) is 73.4 cm³/mol. The highest BCUT2D eigenvalue weighted by molar-refractivity contribution is 7.89. The first-order valence-electron chi connectivity index (χ1n) is 6.17. The van der Waals surface area contributed by atoms with Crippen molar-refractivity contribution < 1.29 is 8.42 Å². The van der Waals surface area contributed by atoms with Crippen LogP contribution in [-0.2, 0) is 16.4 Å². The van der Waals surface area contributed by atoms with Gasteiger partial charge in [-0.05, 0) is 26.3 Å². The lowest BCUT2D eigenvalue weighted by Crippen LogP contribution is -2.37. The van der Waals surface area contributed by atoms with Crippen molar-refractivity contribution in [2.24, 2.45) is 0 Å². The molecule has 2 N–H and O–H groups in total. The van der Waals surface area contributed by atoms with Gasteiger partial charge in [0, 0.05) is 30.1 Å². The molecule has 18 heavy (non-hydrogen) atoms. The van der Waals surface area contributed by atoms with Crippen molar-refractivity contribution in [3.63, 3.8) is 0 Å². The van der Waals surface area contributed by atoms with Crippen LogP contribution in [0.4, 0.5) is 0 Å². The van der Waals surface area contributed by atoms with Crippen LogP contribution in [0.3, 0.4) is 0 Å². The van der Waals surface area contributed by atoms with Gasteiger partial charge in [-0.2, -0.15) is 0 Å². The van der Waals surface area contributed by atoms with E-state index in [2.05, 4.69) is 15.0 Å². The molecule has 0 saturated carbocycles. The fraction of sp³-hybridized carbons (Fsp3) is 0.727. The quantitative estimate of drug-likeness (QED) is 0.807. The molecule has 0 bridgehead atoms. The fourth-order valence-corrected chi connectivity index (χ4v) is 4.17. The zero-order chi connectivity index (χ0) is 13.0. The summed E-state index contributed by atoms with van der Waals surface area (Å²) in [7, 11) is -3.16. The van der Waals surface area contributed by atoms with E-state index in [1.165, 1.54) is 0 Å². The minimum atomic E-state index is -3.16. The molecule has 1 aromatic heterocycles. The Balaban J connectivity index is 1.74. The molecule has 5 nitrogen and oxygen atoms in total. The number of sulfonamides is 1. The van der Waals surface area contributed by atoms with Crippen LogP contribution < -0.4 is 10.0 Å². The van der Waals surface area contributed by atoms with Crippen LogP contribution in [0.15, 0.2) is 5.38 Å². The van der Waals surface area contributed by atoms with Gasteiger partial charge in [-0.3, -0.25) is 0 Å². The Morgan fingerprint density at radius 2 is 2.44 bits per heavy atom. The first-order chi connectivity index (χ1) is 8.55. The summed E-state index contributed by atoms with van der Waals surface area (Å²) in [5, 5.41) is 6.15. The van der Waals surface area contributed by atoms with E-state index in [-0.39, 0.29) is 11.8 Å². The summed E-state index contributed by atoms with van der Waals surface area (Å²) in [5.74, 6) is 0.184. The molecule has 7 heteroatoms. The van der Waals surface area contributed by atoms with Crippen molar-refractivity contribution in [3.8, 4) is 0 Å². The summed E-state index contributed by atoms with van der Waals surface area (Å²) in [6.07, 6.45) is 2.68. The van der Waals surface area contributed by atoms with Crippen molar-refractivity contribution >= 4 is 21.4 Å². The number of thiazole rings is 1. The largest absolute Gasteiger partial charge is 0.313 e. The van der Waals surface area contributed by atoms with Crippen molar-refractivity contribution in [1.82, 2.24) is 15.0 Å². The molecule has 1 atom stereocenters. The number of rotatable bonds is 6. The van der Waals surface area contributed by atoms with Crippen LogP contribution in [0.25, 0.3) is 0 Å². The van der Waals surface area contributed by atoms with Gasteiger partial charge in [-0.15, -0.1) is 11.3 Å². The molecule has 102 valence electrons. The zero-order valence-corrected chi connectivity index (χ0v) is 12.1. The van der Waals surface area contributed by atoms with E-state index >= 15 is 0 Å². The van der Waals surface area contributed by atoms with Gasteiger partial charge in [-0.25, -0.2) is 18.1 Å². The second-order valence-corrected chi connectivity index (χ2v) is 7.40. The van der Waals surface area contributed by atoms with E-state index in [1.807, 2.05) is 12.3 Å². The van der Waals surface area contributed by atoms with E-state index in [4.69, 9.17) is 0 Å². The average Bonchev–Trinajstić information content (AvgIpc) is 2.89. The smallest absolute Gasteiger partial charge is 0.213 e. The van der Waals surface area contributed by atoms with Gasteiger partial charge in [0.05, 0.1) is 10.8 Å². The van der Waals surface area contributed by atoms with Gasteiger partial charge in [0.15, 0.2) is 0 Å². The Labute approximate surface area is 112 Å². The van der Waals surface area contributed by atoms with E-state index in [0.29, 0.717) is 13.0 Å². The molecule has 1 saturated heterocycles. The summed E-state index contributed by atoms with van der Waals surface area (Å²) in [6, 6.07) is 0.115. The van der Waals surface area contributed by atoms with Gasteiger partial charge < -0.3 is 5.32 Å². The summed E-state index contributed by atoms with van der Waals surface area (Å²) in [5.41, 5.74) is 0.994. The topological polar surface area (TPSA) is 71.1 Å². The molecule has 2 heterocycles. The number of hydrogen-bond donors (Lipinski definition) is 2. The second kappa shape index (κ2) is 6.10. The summed E-state index contributed by atoms with van der Waals surface area (Å²) in [6.45, 7) is 3.30. The van der Waals surface area contributed by atoms with E-state index in [1.54, 1.807) is 11.3 Å². The normalized spacial score (nSPS) is 20.4. The Hall–Kier alpha value is -0.500. The summed E-state index contributed by atoms with van der Waals surface area (Å²) < 4.78 is 26.3. The van der Waals surface area contributed by atoms with Crippen LogP contribution in [0.2, 0.25) is 0 Å². The van der Waals surface area contributed by atoms with Gasteiger partial charge >= 0.3 is 0 Å². The predicted octanol–water partition coefficient (Wildman–Crippen LogP) is 0.665. The molecule has 1 aliphatic rings. The highest BCUT2D eigenvalue weighted by atomic mass is 32.2. The maximum Gasteiger partial charge on any atom is 0.213 e. The molecule has 0 aliphatic carbocycles. The molecular weight excluding hydrogens is 270 g/mol. The molecule has 1 aromatic rings. The molecule has 2 rings (SSSR count). The van der Waals surface area contributed by atoms with Crippen molar-refractivity contribution in [2.75, 3.05) is 18.8 Å². The number of aromatic nitrogens is 1. The molecule has 1 unspecified atom stereocenters. The highest BCUT2D eigenvalue weighted by Crippen LogP contribution is 2.09. The highest BCUT2D eigenvalue weighted by Gasteiger charge is 2.21. The minimum Gasteiger partial charge on any atom is -0.313 e. The molecule has 0 aromatic carbocycles. The first kappa shape index (κ1) is 13.9. The third-order valence-corrected chi connectivity index (χ3v) is 5.42. The molecule has 0 spiro atoms. The van der Waals surface area contributed by atoms with E-state index in [0.717, 1.165) is 30.1 Å². The Kier molecular flexibility index (Phi) is 4.71. The SMILES string of the molecule is Cc1csc(CCNS(=O)(=O)CC2CCCN2)n1. The van der Waals surface area contributed by atoms with Gasteiger partial charge in [-0.1, -0.05) is 0 Å². The van der Waals surface area contributed by atoms with Crippen LogP contribution in [0, 0.1) is 6.92 Å². The molecular formula is C11H19N3O2S2. The van der Waals surface area contributed by atoms with Crippen molar-refractivity contribution in [2.45, 2.75) is 32.2 Å². The lowest BCUT2D eigenvalue weighted by Gasteiger charge is -2.11. The van der Waals surface area contributed by atoms with Gasteiger partial charge in [0.25, 0.3) is 0 Å². The molecule has 1 fully saturated rings. The van der Waals surface area contributed by atoms with Crippen LogP contribution in [-0.4, -0.2) is 38.3 Å². The average molecular weight is 289 g/mol. The number of nitrogens with zero attached hydrogens (tertiary/aromatic N) is 1. The number of hydrogen-bond acceptors (Lipinski definition) is 5. The zero-order valence-electron chi connectivity index (χ0n) is 10.5. The minimum absolute atomic E-state index is 0.115. The Morgan fingerprint density at radius 1 is 1.61 bits per heavy atom. The van der Waals surface area contributed by atoms with Crippen molar-refractivity contribution in [1.29, 1.82) is 0 Å². The van der Waals surface area contributed by atoms with Crippen LogP contribution in [0.5, 0.6) is 0 Å². The monoisotopic (exact) mass is 289 g/mol. The van der Waals surface area contributed by atoms with E-state index < -0.39 is 10.0 Å². The Morgan fingerprint density at radius 3 is 3.06 bits per heavy atom. The van der Waals surface area contributed by atoms with Crippen LogP contribution in [0.1, 0.15) is 23.5 Å². The lowest BCUT2D eigenvalue weighted by molar-refractivity contribution is 0.564. The molecule has 0 amide bonds. The number of aryl methyl sites for hydroxylation is 1. The maximum atomic E-state index is 11.8. The third-order valence-electron chi connectivity index (χ3n) is 2.91. The summed E-state index contributed by atoms with van der Waals surface area (Å²) >= 11 is 1.57. The lowest BCUT2D eigenvalue weighted by atomic mass is 10.3. The van der Waals surface area contributed by atoms with Crippen molar-refractivity contribution in [3.05, 3.63) is 16.1 Å².